The molecular weight excluding hydrogens is 426 g/mol. The van der Waals surface area contributed by atoms with Crippen molar-refractivity contribution >= 4 is 18.2 Å². The first-order valence-corrected chi connectivity index (χ1v) is 12.1. The molecule has 0 bridgehead atoms. The van der Waals surface area contributed by atoms with E-state index in [0.717, 1.165) is 24.8 Å². The molecule has 5 aliphatic rings. The van der Waals surface area contributed by atoms with Gasteiger partial charge in [0.15, 0.2) is 0 Å². The van der Waals surface area contributed by atoms with Crippen LogP contribution in [0, 0.1) is 28.6 Å². The highest BCUT2D eigenvalue weighted by Gasteiger charge is 2.71. The molecule has 0 aromatic heterocycles. The van der Waals surface area contributed by atoms with E-state index < -0.39 is 28.8 Å². The van der Waals surface area contributed by atoms with Crippen molar-refractivity contribution in [1.82, 2.24) is 5.43 Å². The van der Waals surface area contributed by atoms with Gasteiger partial charge in [-0.1, -0.05) is 6.92 Å². The molecule has 33 heavy (non-hydrogen) atoms. The van der Waals surface area contributed by atoms with Crippen molar-refractivity contribution in [2.75, 3.05) is 6.61 Å². The molecule has 0 aromatic carbocycles. The zero-order valence-corrected chi connectivity index (χ0v) is 19.1. The Morgan fingerprint density at radius 1 is 1.18 bits per heavy atom. The second-order valence-corrected chi connectivity index (χ2v) is 11.3. The third-order valence-corrected chi connectivity index (χ3v) is 10.1. The Bertz CT molecular complexity index is 922. The van der Waals surface area contributed by atoms with Gasteiger partial charge in [-0.25, -0.2) is 15.0 Å². The first-order valence-electron chi connectivity index (χ1n) is 12.1. The summed E-state index contributed by atoms with van der Waals surface area (Å²) in [4.78, 5) is 23.0. The molecule has 0 aromatic rings. The van der Waals surface area contributed by atoms with Gasteiger partial charge >= 0.3 is 12.0 Å². The van der Waals surface area contributed by atoms with E-state index in [1.54, 1.807) is 12.3 Å². The van der Waals surface area contributed by atoms with Crippen LogP contribution in [0.5, 0.6) is 0 Å². The molecule has 9 heteroatoms. The van der Waals surface area contributed by atoms with Crippen molar-refractivity contribution in [3.63, 3.8) is 0 Å². The minimum Gasteiger partial charge on any atom is -0.458 e. The number of nitrogens with zero attached hydrogens (tertiary/aromatic N) is 1. The normalized spacial score (nSPS) is 49.1. The number of primary amides is 1. The number of nitrogens with two attached hydrogens (primary N) is 1. The fourth-order valence-electron chi connectivity index (χ4n) is 8.57. The number of carbonyl (C=O) groups is 2. The van der Waals surface area contributed by atoms with Crippen molar-refractivity contribution in [2.45, 2.75) is 82.0 Å². The summed E-state index contributed by atoms with van der Waals surface area (Å²) in [6.45, 7) is 2.45. The number of urea groups is 1. The molecular formula is C24H35N3O6. The maximum Gasteiger partial charge on any atom is 0.332 e. The van der Waals surface area contributed by atoms with Crippen molar-refractivity contribution in [3.8, 4) is 0 Å². The molecule has 0 saturated heterocycles. The summed E-state index contributed by atoms with van der Waals surface area (Å²) in [6.07, 6.45) is 8.02. The number of hydrogen-bond donors (Lipinski definition) is 5. The van der Waals surface area contributed by atoms with Crippen LogP contribution >= 0.6 is 0 Å². The van der Waals surface area contributed by atoms with Crippen LogP contribution in [0.4, 0.5) is 4.79 Å². The molecule has 0 radical (unpaired) electrons. The number of amides is 2. The fourth-order valence-corrected chi connectivity index (χ4v) is 8.57. The Morgan fingerprint density at radius 3 is 2.64 bits per heavy atom. The number of aliphatic hydroxyl groups excluding tert-OH is 1. The van der Waals surface area contributed by atoms with Gasteiger partial charge in [-0.05, 0) is 74.7 Å². The van der Waals surface area contributed by atoms with Crippen LogP contribution in [0.3, 0.4) is 0 Å². The van der Waals surface area contributed by atoms with Gasteiger partial charge in [0.05, 0.1) is 17.3 Å². The molecule has 1 heterocycles. The number of cyclic esters (lactones) is 1. The highest BCUT2D eigenvalue weighted by molar-refractivity contribution is 5.85. The number of rotatable bonds is 3. The molecule has 4 saturated carbocycles. The molecule has 5 rings (SSSR count). The van der Waals surface area contributed by atoms with Gasteiger partial charge in [-0.15, -0.1) is 0 Å². The third-order valence-electron chi connectivity index (χ3n) is 10.1. The van der Waals surface area contributed by atoms with Crippen LogP contribution in [0.15, 0.2) is 16.8 Å². The smallest absolute Gasteiger partial charge is 0.332 e. The van der Waals surface area contributed by atoms with Crippen molar-refractivity contribution < 1.29 is 29.6 Å². The van der Waals surface area contributed by atoms with Crippen LogP contribution < -0.4 is 11.2 Å². The Labute approximate surface area is 193 Å². The molecule has 1 aliphatic heterocycles. The lowest BCUT2D eigenvalue weighted by Crippen LogP contribution is -2.68. The highest BCUT2D eigenvalue weighted by Crippen LogP contribution is 2.70. The number of nitrogens with one attached hydrogen (secondary N) is 1. The van der Waals surface area contributed by atoms with Gasteiger partial charge < -0.3 is 25.8 Å². The largest absolute Gasteiger partial charge is 0.458 e. The van der Waals surface area contributed by atoms with Crippen molar-refractivity contribution in [1.29, 1.82) is 0 Å². The van der Waals surface area contributed by atoms with Crippen LogP contribution in [-0.4, -0.2) is 57.4 Å². The van der Waals surface area contributed by atoms with Gasteiger partial charge in [0, 0.05) is 29.5 Å². The van der Waals surface area contributed by atoms with Crippen LogP contribution in [0.25, 0.3) is 0 Å². The zero-order valence-electron chi connectivity index (χ0n) is 19.1. The van der Waals surface area contributed by atoms with E-state index in [4.69, 9.17) is 10.5 Å². The van der Waals surface area contributed by atoms with Crippen LogP contribution in [0.1, 0.15) is 64.7 Å². The Balaban J connectivity index is 1.52. The van der Waals surface area contributed by atoms with Crippen LogP contribution in [-0.2, 0) is 9.53 Å². The topological polar surface area (TPSA) is 154 Å². The first kappa shape index (κ1) is 22.8. The summed E-state index contributed by atoms with van der Waals surface area (Å²) in [6, 6.07) is -0.774. The fraction of sp³-hybridized carbons (Fsp3) is 0.792. The maximum atomic E-state index is 12.3. The standard InChI is InChI=1S/C24H35N3O6/c1-21-6-3-17-18(24(21,32)9-5-16(21)14-10-19(29)33-12-14)4-8-23(31)11-15(28)2-7-22(17,23)13-26-27-20(25)30/h10,13,15-18,28,31-32H,2-9,11-12H2,1H3,(H3,25,27,30)/b26-13-/t15-,16+,17-,18+,21-,22+,23+,24+/m1/s1. The Hall–Kier alpha value is -1.97. The lowest BCUT2D eigenvalue weighted by molar-refractivity contribution is -0.237. The molecule has 6 N–H and O–H groups in total. The van der Waals surface area contributed by atoms with E-state index in [-0.39, 0.29) is 35.6 Å². The van der Waals surface area contributed by atoms with Gasteiger partial charge in [-0.3, -0.25) is 0 Å². The molecule has 9 nitrogen and oxygen atoms in total. The molecule has 8 atom stereocenters. The van der Waals surface area contributed by atoms with Gasteiger partial charge in [-0.2, -0.15) is 5.10 Å². The summed E-state index contributed by atoms with van der Waals surface area (Å²) in [5.74, 6) is -0.326. The molecule has 4 aliphatic carbocycles. The second kappa shape index (κ2) is 7.52. The SMILES string of the molecule is C[C@]12CC[C@@H]3[C@H](CC[C@]4(O)C[C@H](O)CC[C@]34/C=N\NC(N)=O)[C@@]1(O)CC[C@H]2C1=CC(=O)OC1. The Morgan fingerprint density at radius 2 is 1.94 bits per heavy atom. The Kier molecular flexibility index (Phi) is 5.19. The maximum absolute atomic E-state index is 12.3. The van der Waals surface area contributed by atoms with Crippen LogP contribution in [0.2, 0.25) is 0 Å². The van der Waals surface area contributed by atoms with Crippen molar-refractivity contribution in [3.05, 3.63) is 11.6 Å². The molecule has 2 amide bonds. The van der Waals surface area contributed by atoms with Crippen molar-refractivity contribution in [2.24, 2.45) is 39.4 Å². The van der Waals surface area contributed by atoms with E-state index in [2.05, 4.69) is 17.5 Å². The van der Waals surface area contributed by atoms with E-state index >= 15 is 0 Å². The number of hydrogen-bond acceptors (Lipinski definition) is 7. The number of aliphatic hydroxyl groups is 3. The lowest BCUT2D eigenvalue weighted by Gasteiger charge is -2.65. The van der Waals surface area contributed by atoms with E-state index in [9.17, 15) is 24.9 Å². The van der Waals surface area contributed by atoms with E-state index in [1.165, 1.54) is 0 Å². The molecule has 182 valence electrons. The number of fused-ring (bicyclic) bond motifs is 5. The van der Waals surface area contributed by atoms with E-state index in [1.807, 2.05) is 0 Å². The van der Waals surface area contributed by atoms with Gasteiger partial charge in [0.25, 0.3) is 0 Å². The molecule has 0 unspecified atom stereocenters. The minimum absolute atomic E-state index is 0.0468. The van der Waals surface area contributed by atoms with Gasteiger partial charge in [0.2, 0.25) is 0 Å². The predicted molar refractivity (Wildman–Crippen MR) is 119 cm³/mol. The van der Waals surface area contributed by atoms with Gasteiger partial charge in [0.1, 0.15) is 6.61 Å². The highest BCUT2D eigenvalue weighted by atomic mass is 16.5. The zero-order chi connectivity index (χ0) is 23.6. The third kappa shape index (κ3) is 3.12. The minimum atomic E-state index is -1.16. The average molecular weight is 462 g/mol. The number of hydrazone groups is 1. The number of esters is 1. The predicted octanol–water partition coefficient (Wildman–Crippen LogP) is 1.35. The first-order chi connectivity index (χ1) is 15.5. The lowest BCUT2D eigenvalue weighted by atomic mass is 9.41. The second-order valence-electron chi connectivity index (χ2n) is 11.3. The quantitative estimate of drug-likeness (QED) is 0.243. The summed E-state index contributed by atoms with van der Waals surface area (Å²) >= 11 is 0. The molecule has 0 spiro atoms. The number of carbonyl (C=O) groups excluding carboxylic acids is 2. The number of ether oxygens (including phenoxy) is 1. The van der Waals surface area contributed by atoms with E-state index in [0.29, 0.717) is 38.7 Å². The summed E-state index contributed by atoms with van der Waals surface area (Å²) in [5, 5.41) is 38.6. The molecule has 4 fully saturated rings. The summed E-state index contributed by atoms with van der Waals surface area (Å²) < 4.78 is 5.18. The monoisotopic (exact) mass is 461 g/mol. The average Bonchev–Trinajstić information content (AvgIpc) is 3.28. The summed E-state index contributed by atoms with van der Waals surface area (Å²) in [7, 11) is 0. The summed E-state index contributed by atoms with van der Waals surface area (Å²) in [5.41, 5.74) is 5.21.